The number of fused-ring (bicyclic) bond motifs is 1. The van der Waals surface area contributed by atoms with Crippen molar-refractivity contribution < 1.29 is 14.3 Å². The van der Waals surface area contributed by atoms with E-state index in [1.54, 1.807) is 11.0 Å². The molecule has 0 bridgehead atoms. The molecular formula is C19H24N4O3. The molecule has 138 valence electrons. The number of carbonyl (C=O) groups is 1. The lowest BCUT2D eigenvalue weighted by atomic mass is 9.78. The molecule has 2 aliphatic rings. The monoisotopic (exact) mass is 356 g/mol. The fourth-order valence-corrected chi connectivity index (χ4v) is 3.91. The number of benzene rings is 1. The highest BCUT2D eigenvalue weighted by Crippen LogP contribution is 2.43. The molecule has 1 aromatic heterocycles. The normalized spacial score (nSPS) is 17.8. The molecule has 0 unspecified atom stereocenters. The van der Waals surface area contributed by atoms with Gasteiger partial charge in [0.1, 0.15) is 25.9 Å². The Hall–Kier alpha value is -2.57. The van der Waals surface area contributed by atoms with Crippen molar-refractivity contribution in [1.29, 1.82) is 0 Å². The molecule has 0 radical (unpaired) electrons. The Bertz CT molecular complexity index is 754. The summed E-state index contributed by atoms with van der Waals surface area (Å²) < 4.78 is 13.1. The number of ether oxygens (including phenoxy) is 2. The summed E-state index contributed by atoms with van der Waals surface area (Å²) >= 11 is 0. The van der Waals surface area contributed by atoms with E-state index < -0.39 is 0 Å². The highest BCUT2D eigenvalue weighted by molar-refractivity contribution is 5.76. The lowest BCUT2D eigenvalue weighted by molar-refractivity contribution is -0.121. The van der Waals surface area contributed by atoms with Gasteiger partial charge >= 0.3 is 0 Å². The molecule has 0 spiro atoms. The van der Waals surface area contributed by atoms with Crippen molar-refractivity contribution in [3.05, 3.63) is 36.4 Å². The predicted molar refractivity (Wildman–Crippen MR) is 95.2 cm³/mol. The van der Waals surface area contributed by atoms with Gasteiger partial charge in [0.05, 0.1) is 6.54 Å². The molecule has 1 amide bonds. The smallest absolute Gasteiger partial charge is 0.221 e. The van der Waals surface area contributed by atoms with E-state index in [-0.39, 0.29) is 11.3 Å². The molecule has 7 nitrogen and oxygen atoms in total. The number of carbonyl (C=O) groups excluding carboxylic acids is 1. The minimum atomic E-state index is -0.0151. The van der Waals surface area contributed by atoms with Crippen molar-refractivity contribution in [2.75, 3.05) is 19.8 Å². The first-order valence-electron chi connectivity index (χ1n) is 9.24. The zero-order valence-corrected chi connectivity index (χ0v) is 14.8. The Morgan fingerprint density at radius 1 is 1.19 bits per heavy atom. The maximum atomic E-state index is 12.3. The van der Waals surface area contributed by atoms with Crippen molar-refractivity contribution >= 4 is 5.91 Å². The predicted octanol–water partition coefficient (Wildman–Crippen LogP) is 2.07. The minimum Gasteiger partial charge on any atom is -0.486 e. The Morgan fingerprint density at radius 2 is 2.00 bits per heavy atom. The number of hydrogen-bond donors (Lipinski definition) is 1. The first-order valence-corrected chi connectivity index (χ1v) is 9.24. The zero-order chi connectivity index (χ0) is 17.8. The number of nitrogens with one attached hydrogen (secondary N) is 1. The van der Waals surface area contributed by atoms with E-state index >= 15 is 0 Å². The van der Waals surface area contributed by atoms with Gasteiger partial charge in [-0.05, 0) is 30.5 Å². The topological polar surface area (TPSA) is 78.3 Å². The van der Waals surface area contributed by atoms with E-state index in [0.29, 0.717) is 32.7 Å². The van der Waals surface area contributed by atoms with Crippen molar-refractivity contribution in [3.8, 4) is 11.5 Å². The summed E-state index contributed by atoms with van der Waals surface area (Å²) in [6, 6.07) is 6.22. The third-order valence-electron chi connectivity index (χ3n) is 5.37. The number of hydrogen-bond acceptors (Lipinski definition) is 5. The highest BCUT2D eigenvalue weighted by atomic mass is 16.6. The minimum absolute atomic E-state index is 0.0151. The third kappa shape index (κ3) is 3.52. The van der Waals surface area contributed by atoms with Crippen molar-refractivity contribution in [2.45, 2.75) is 44.1 Å². The van der Waals surface area contributed by atoms with Crippen LogP contribution in [0.5, 0.6) is 11.5 Å². The van der Waals surface area contributed by atoms with Crippen LogP contribution in [0.4, 0.5) is 0 Å². The van der Waals surface area contributed by atoms with Crippen LogP contribution in [0.25, 0.3) is 0 Å². The maximum absolute atomic E-state index is 12.3. The molecule has 1 fully saturated rings. The van der Waals surface area contributed by atoms with E-state index in [4.69, 9.17) is 9.47 Å². The first kappa shape index (κ1) is 16.9. The summed E-state index contributed by atoms with van der Waals surface area (Å²) in [5.41, 5.74) is 1.22. The molecule has 0 atom stereocenters. The molecule has 1 N–H and O–H groups in total. The summed E-state index contributed by atoms with van der Waals surface area (Å²) in [7, 11) is 0. The van der Waals surface area contributed by atoms with Crippen molar-refractivity contribution in [3.63, 3.8) is 0 Å². The molecule has 7 heteroatoms. The van der Waals surface area contributed by atoms with E-state index in [9.17, 15) is 4.79 Å². The fourth-order valence-electron chi connectivity index (χ4n) is 3.91. The second kappa shape index (κ2) is 7.35. The van der Waals surface area contributed by atoms with Gasteiger partial charge in [0.25, 0.3) is 0 Å². The Morgan fingerprint density at radius 3 is 2.77 bits per heavy atom. The molecule has 1 aliphatic carbocycles. The van der Waals surface area contributed by atoms with Gasteiger partial charge in [0.15, 0.2) is 11.5 Å². The molecule has 1 aromatic carbocycles. The Labute approximate surface area is 152 Å². The van der Waals surface area contributed by atoms with Crippen LogP contribution in [-0.2, 0) is 16.8 Å². The quantitative estimate of drug-likeness (QED) is 0.857. The number of aryl methyl sites for hydroxylation is 1. The van der Waals surface area contributed by atoms with Gasteiger partial charge in [-0.15, -0.1) is 0 Å². The second-order valence-corrected chi connectivity index (χ2v) is 7.03. The van der Waals surface area contributed by atoms with Crippen LogP contribution < -0.4 is 14.8 Å². The third-order valence-corrected chi connectivity index (χ3v) is 5.37. The van der Waals surface area contributed by atoms with Gasteiger partial charge in [0.2, 0.25) is 5.91 Å². The van der Waals surface area contributed by atoms with Crippen LogP contribution in [0.2, 0.25) is 0 Å². The zero-order valence-electron chi connectivity index (χ0n) is 14.8. The fraction of sp³-hybridized carbons (Fsp3) is 0.526. The van der Waals surface area contributed by atoms with Gasteiger partial charge in [-0.25, -0.2) is 4.98 Å². The molecular weight excluding hydrogens is 332 g/mol. The average molecular weight is 356 g/mol. The van der Waals surface area contributed by atoms with Crippen LogP contribution in [0, 0.1) is 0 Å². The van der Waals surface area contributed by atoms with Gasteiger partial charge < -0.3 is 14.8 Å². The van der Waals surface area contributed by atoms with Crippen LogP contribution in [0.1, 0.15) is 37.7 Å². The number of rotatable bonds is 6. The van der Waals surface area contributed by atoms with E-state index in [1.807, 2.05) is 6.07 Å². The SMILES string of the molecule is O=C(CCn1cncn1)NCC1(c2ccc3c(c2)OCCO3)CCCC1. The lowest BCUT2D eigenvalue weighted by Crippen LogP contribution is -2.39. The number of nitrogens with zero attached hydrogens (tertiary/aromatic N) is 3. The van der Waals surface area contributed by atoms with E-state index in [1.165, 1.54) is 24.7 Å². The molecule has 26 heavy (non-hydrogen) atoms. The van der Waals surface area contributed by atoms with Crippen LogP contribution >= 0.6 is 0 Å². The molecule has 4 rings (SSSR count). The summed E-state index contributed by atoms with van der Waals surface area (Å²) in [5.74, 6) is 1.67. The van der Waals surface area contributed by atoms with Gasteiger partial charge in [-0.1, -0.05) is 18.9 Å². The summed E-state index contributed by atoms with van der Waals surface area (Å²) in [6.45, 7) is 2.38. The summed E-state index contributed by atoms with van der Waals surface area (Å²) in [6.07, 6.45) is 8.04. The number of aromatic nitrogens is 3. The standard InChI is InChI=1S/C19H24N4O3/c24-18(5-8-23-14-20-13-22-23)21-12-19(6-1-2-7-19)15-3-4-16-17(11-15)26-10-9-25-16/h3-4,11,13-14H,1-2,5-10,12H2,(H,21,24). The number of amides is 1. The highest BCUT2D eigenvalue weighted by Gasteiger charge is 2.36. The van der Waals surface area contributed by atoms with Crippen LogP contribution in [-0.4, -0.2) is 40.4 Å². The summed E-state index contributed by atoms with van der Waals surface area (Å²) in [5, 5.41) is 7.16. The molecule has 2 heterocycles. The van der Waals surface area contributed by atoms with E-state index in [0.717, 1.165) is 24.3 Å². The first-order chi connectivity index (χ1) is 12.8. The largest absolute Gasteiger partial charge is 0.486 e. The maximum Gasteiger partial charge on any atom is 0.221 e. The Balaban J connectivity index is 1.42. The van der Waals surface area contributed by atoms with Gasteiger partial charge in [0, 0.05) is 18.4 Å². The molecule has 0 saturated heterocycles. The molecule has 1 aliphatic heterocycles. The van der Waals surface area contributed by atoms with Gasteiger partial charge in [-0.3, -0.25) is 9.48 Å². The Kier molecular flexibility index (Phi) is 4.77. The average Bonchev–Trinajstić information content (AvgIpc) is 3.37. The van der Waals surface area contributed by atoms with Crippen molar-refractivity contribution in [2.24, 2.45) is 0 Å². The second-order valence-electron chi connectivity index (χ2n) is 7.03. The van der Waals surface area contributed by atoms with Crippen LogP contribution in [0.15, 0.2) is 30.9 Å². The van der Waals surface area contributed by atoms with Crippen molar-refractivity contribution in [1.82, 2.24) is 20.1 Å². The van der Waals surface area contributed by atoms with Crippen LogP contribution in [0.3, 0.4) is 0 Å². The summed E-state index contributed by atoms with van der Waals surface area (Å²) in [4.78, 5) is 16.2. The van der Waals surface area contributed by atoms with E-state index in [2.05, 4.69) is 27.5 Å². The molecule has 2 aromatic rings. The van der Waals surface area contributed by atoms with Gasteiger partial charge in [-0.2, -0.15) is 5.10 Å². The molecule has 1 saturated carbocycles. The lowest BCUT2D eigenvalue weighted by Gasteiger charge is -2.31.